The minimum Gasteiger partial charge on any atom is -0.398 e. The summed E-state index contributed by atoms with van der Waals surface area (Å²) in [5.74, 6) is 0. The Bertz CT molecular complexity index is 479. The molecule has 0 aliphatic carbocycles. The van der Waals surface area contributed by atoms with E-state index in [0.717, 1.165) is 5.39 Å². The van der Waals surface area contributed by atoms with Gasteiger partial charge in [0.2, 0.25) is 0 Å². The standard InChI is InChI=1S/C9H7F2NS2/c10-9(11)6-7(13)5(12)3-4-1-2-14-8(4)6/h1-3,9,13H,12H2. The minimum absolute atomic E-state index is 0.0571. The van der Waals surface area contributed by atoms with Crippen LogP contribution in [0.25, 0.3) is 10.1 Å². The number of thiol groups is 1. The number of fused-ring (bicyclic) bond motifs is 1. The van der Waals surface area contributed by atoms with Gasteiger partial charge in [0.05, 0.1) is 5.56 Å². The lowest BCUT2D eigenvalue weighted by Crippen LogP contribution is -1.93. The summed E-state index contributed by atoms with van der Waals surface area (Å²) < 4.78 is 26.0. The Balaban J connectivity index is 2.86. The second-order valence-electron chi connectivity index (χ2n) is 2.87. The predicted molar refractivity (Wildman–Crippen MR) is 58.4 cm³/mol. The second-order valence-corrected chi connectivity index (χ2v) is 4.23. The van der Waals surface area contributed by atoms with E-state index >= 15 is 0 Å². The number of halogens is 2. The van der Waals surface area contributed by atoms with Crippen molar-refractivity contribution in [1.29, 1.82) is 0 Å². The van der Waals surface area contributed by atoms with Gasteiger partial charge in [-0.2, -0.15) is 0 Å². The molecule has 0 aliphatic heterocycles. The number of nitrogen functional groups attached to an aromatic ring is 1. The maximum Gasteiger partial charge on any atom is 0.266 e. The Labute approximate surface area is 88.9 Å². The van der Waals surface area contributed by atoms with E-state index in [4.69, 9.17) is 5.73 Å². The summed E-state index contributed by atoms with van der Waals surface area (Å²) in [5.41, 5.74) is 5.82. The first-order valence-electron chi connectivity index (χ1n) is 3.88. The summed E-state index contributed by atoms with van der Waals surface area (Å²) in [6, 6.07) is 3.44. The van der Waals surface area contributed by atoms with Crippen molar-refractivity contribution in [3.63, 3.8) is 0 Å². The fraction of sp³-hybridized carbons (Fsp3) is 0.111. The molecular weight excluding hydrogens is 224 g/mol. The molecule has 1 nitrogen and oxygen atoms in total. The molecule has 5 heteroatoms. The van der Waals surface area contributed by atoms with Crippen LogP contribution in [0.15, 0.2) is 22.4 Å². The number of rotatable bonds is 1. The van der Waals surface area contributed by atoms with Crippen molar-refractivity contribution in [1.82, 2.24) is 0 Å². The fourth-order valence-corrected chi connectivity index (χ4v) is 2.63. The molecule has 2 N–H and O–H groups in total. The lowest BCUT2D eigenvalue weighted by Gasteiger charge is -2.08. The van der Waals surface area contributed by atoms with Crippen LogP contribution >= 0.6 is 24.0 Å². The van der Waals surface area contributed by atoms with E-state index in [9.17, 15) is 8.78 Å². The van der Waals surface area contributed by atoms with Crippen LogP contribution in [0.1, 0.15) is 12.0 Å². The first-order chi connectivity index (χ1) is 6.61. The largest absolute Gasteiger partial charge is 0.398 e. The maximum absolute atomic E-state index is 12.7. The monoisotopic (exact) mass is 231 g/mol. The van der Waals surface area contributed by atoms with Crippen LogP contribution < -0.4 is 5.73 Å². The number of thiophene rings is 1. The minimum atomic E-state index is -2.54. The van der Waals surface area contributed by atoms with E-state index in [0.29, 0.717) is 10.4 Å². The highest BCUT2D eigenvalue weighted by Crippen LogP contribution is 2.39. The van der Waals surface area contributed by atoms with Gasteiger partial charge in [-0.3, -0.25) is 0 Å². The van der Waals surface area contributed by atoms with Gasteiger partial charge >= 0.3 is 0 Å². The summed E-state index contributed by atoms with van der Waals surface area (Å²) in [5, 5.41) is 2.52. The maximum atomic E-state index is 12.7. The van der Waals surface area contributed by atoms with Crippen molar-refractivity contribution < 1.29 is 8.78 Å². The number of hydrogen-bond acceptors (Lipinski definition) is 3. The van der Waals surface area contributed by atoms with E-state index in [1.165, 1.54) is 11.3 Å². The van der Waals surface area contributed by atoms with Crippen molar-refractivity contribution in [2.45, 2.75) is 11.3 Å². The van der Waals surface area contributed by atoms with Crippen LogP contribution in [0, 0.1) is 0 Å². The molecule has 0 spiro atoms. The summed E-state index contributed by atoms with van der Waals surface area (Å²) >= 11 is 5.28. The van der Waals surface area contributed by atoms with Crippen LogP contribution in [0.4, 0.5) is 14.5 Å². The molecule has 0 aliphatic rings. The molecule has 0 fully saturated rings. The van der Waals surface area contributed by atoms with Crippen molar-refractivity contribution in [3.8, 4) is 0 Å². The molecule has 0 radical (unpaired) electrons. The Hall–Kier alpha value is -0.810. The lowest BCUT2D eigenvalue weighted by atomic mass is 10.1. The number of benzene rings is 1. The van der Waals surface area contributed by atoms with E-state index < -0.39 is 6.43 Å². The highest BCUT2D eigenvalue weighted by Gasteiger charge is 2.18. The van der Waals surface area contributed by atoms with Crippen molar-refractivity contribution in [2.75, 3.05) is 5.73 Å². The van der Waals surface area contributed by atoms with E-state index in [1.807, 2.05) is 0 Å². The molecule has 0 bridgehead atoms. The average Bonchev–Trinajstić information content (AvgIpc) is 2.52. The van der Waals surface area contributed by atoms with Crippen LogP contribution in [-0.2, 0) is 0 Å². The van der Waals surface area contributed by atoms with Crippen molar-refractivity contribution in [3.05, 3.63) is 23.1 Å². The molecule has 74 valence electrons. The molecule has 1 heterocycles. The van der Waals surface area contributed by atoms with Gasteiger partial charge < -0.3 is 5.73 Å². The SMILES string of the molecule is Nc1cc2ccsc2c(C(F)F)c1S. The van der Waals surface area contributed by atoms with E-state index in [-0.39, 0.29) is 10.5 Å². The summed E-state index contributed by atoms with van der Waals surface area (Å²) in [6.07, 6.45) is -2.54. The summed E-state index contributed by atoms with van der Waals surface area (Å²) in [6.45, 7) is 0. The second kappa shape index (κ2) is 3.40. The third kappa shape index (κ3) is 1.36. The molecule has 0 amide bonds. The Morgan fingerprint density at radius 2 is 2.14 bits per heavy atom. The third-order valence-electron chi connectivity index (χ3n) is 2.00. The Morgan fingerprint density at radius 1 is 1.43 bits per heavy atom. The molecule has 2 rings (SSSR count). The van der Waals surface area contributed by atoms with Gasteiger partial charge in [-0.25, -0.2) is 8.78 Å². The van der Waals surface area contributed by atoms with Gasteiger partial charge in [-0.05, 0) is 22.9 Å². The van der Waals surface area contributed by atoms with Gasteiger partial charge in [0.15, 0.2) is 0 Å². The molecule has 2 aromatic rings. The number of alkyl halides is 2. The molecule has 1 aromatic carbocycles. The Morgan fingerprint density at radius 3 is 2.79 bits per heavy atom. The van der Waals surface area contributed by atoms with E-state index in [1.54, 1.807) is 17.5 Å². The van der Waals surface area contributed by atoms with Crippen LogP contribution in [0.3, 0.4) is 0 Å². The summed E-state index contributed by atoms with van der Waals surface area (Å²) in [4.78, 5) is 0.190. The smallest absolute Gasteiger partial charge is 0.266 e. The topological polar surface area (TPSA) is 26.0 Å². The Kier molecular flexibility index (Phi) is 2.36. The van der Waals surface area contributed by atoms with Crippen LogP contribution in [0.5, 0.6) is 0 Å². The molecule has 0 saturated carbocycles. The molecule has 0 unspecified atom stereocenters. The fourth-order valence-electron chi connectivity index (χ4n) is 1.35. The lowest BCUT2D eigenvalue weighted by molar-refractivity contribution is 0.150. The van der Waals surface area contributed by atoms with Crippen LogP contribution in [0.2, 0.25) is 0 Å². The first-order valence-corrected chi connectivity index (χ1v) is 5.20. The zero-order valence-electron chi connectivity index (χ0n) is 7.00. The van der Waals surface area contributed by atoms with Gasteiger partial charge in [0.1, 0.15) is 0 Å². The zero-order chi connectivity index (χ0) is 10.3. The molecule has 1 aromatic heterocycles. The summed E-state index contributed by atoms with van der Waals surface area (Å²) in [7, 11) is 0. The van der Waals surface area contributed by atoms with Crippen molar-refractivity contribution in [2.24, 2.45) is 0 Å². The van der Waals surface area contributed by atoms with Gasteiger partial charge in [0.25, 0.3) is 6.43 Å². The first kappa shape index (κ1) is 9.73. The highest BCUT2D eigenvalue weighted by atomic mass is 32.1. The quantitative estimate of drug-likeness (QED) is 0.568. The van der Waals surface area contributed by atoms with Crippen molar-refractivity contribution >= 4 is 39.7 Å². The normalized spacial score (nSPS) is 11.4. The van der Waals surface area contributed by atoms with Gasteiger partial charge in [-0.15, -0.1) is 24.0 Å². The average molecular weight is 231 g/mol. The molecule has 0 atom stereocenters. The predicted octanol–water partition coefficient (Wildman–Crippen LogP) is 3.71. The molecule has 0 saturated heterocycles. The number of nitrogens with two attached hydrogens (primary N) is 1. The molecule has 14 heavy (non-hydrogen) atoms. The van der Waals surface area contributed by atoms with Crippen LogP contribution in [-0.4, -0.2) is 0 Å². The molecular formula is C9H7F2NS2. The highest BCUT2D eigenvalue weighted by molar-refractivity contribution is 7.80. The number of hydrogen-bond donors (Lipinski definition) is 2. The van der Waals surface area contributed by atoms with E-state index in [2.05, 4.69) is 12.6 Å². The third-order valence-corrected chi connectivity index (χ3v) is 3.46. The van der Waals surface area contributed by atoms with Gasteiger partial charge in [0, 0.05) is 15.3 Å². The van der Waals surface area contributed by atoms with Gasteiger partial charge in [-0.1, -0.05) is 0 Å². The zero-order valence-corrected chi connectivity index (χ0v) is 8.71. The number of anilines is 1.